The van der Waals surface area contributed by atoms with Gasteiger partial charge in [0.25, 0.3) is 0 Å². The number of hydrogen-bond donors (Lipinski definition) is 1. The average Bonchev–Trinajstić information content (AvgIpc) is 3.27. The molecule has 0 unspecified atom stereocenters. The zero-order chi connectivity index (χ0) is 19.0. The number of fused-ring (bicyclic) bond motifs is 2. The van der Waals surface area contributed by atoms with Gasteiger partial charge in [0, 0.05) is 24.2 Å². The Balaban J connectivity index is 1.38. The number of sulfonamides is 1. The first-order chi connectivity index (χ1) is 12.9. The summed E-state index contributed by atoms with van der Waals surface area (Å²) in [7, 11) is -3.49. The molecule has 0 aromatic heterocycles. The number of amides is 1. The van der Waals surface area contributed by atoms with E-state index in [0.717, 1.165) is 25.2 Å². The highest BCUT2D eigenvalue weighted by atomic mass is 35.5. The molecule has 1 aromatic rings. The highest BCUT2D eigenvalue weighted by Crippen LogP contribution is 2.44. The summed E-state index contributed by atoms with van der Waals surface area (Å²) in [5, 5.41) is 3.69. The number of piperidine rings is 1. The Kier molecular flexibility index (Phi) is 5.50. The fourth-order valence-electron chi connectivity index (χ4n) is 5.03. The van der Waals surface area contributed by atoms with Gasteiger partial charge in [-0.1, -0.05) is 36.2 Å². The smallest absolute Gasteiger partial charge is 0.224 e. The Bertz CT molecular complexity index is 813. The van der Waals surface area contributed by atoms with Gasteiger partial charge in [0.05, 0.1) is 11.7 Å². The Morgan fingerprint density at radius 3 is 2.70 bits per heavy atom. The molecule has 27 heavy (non-hydrogen) atoms. The van der Waals surface area contributed by atoms with Crippen molar-refractivity contribution >= 4 is 27.5 Å². The minimum absolute atomic E-state index is 0.0326. The normalized spacial score (nSPS) is 31.1. The predicted octanol–water partition coefficient (Wildman–Crippen LogP) is 3.19. The molecule has 0 radical (unpaired) electrons. The summed E-state index contributed by atoms with van der Waals surface area (Å²) in [6.07, 6.45) is 6.33. The first-order valence-corrected chi connectivity index (χ1v) is 11.9. The van der Waals surface area contributed by atoms with Crippen molar-refractivity contribution in [2.24, 2.45) is 17.8 Å². The van der Waals surface area contributed by atoms with Crippen molar-refractivity contribution in [2.45, 2.75) is 50.3 Å². The van der Waals surface area contributed by atoms with E-state index in [-0.39, 0.29) is 24.1 Å². The van der Waals surface area contributed by atoms with Crippen LogP contribution in [0.3, 0.4) is 0 Å². The lowest BCUT2D eigenvalue weighted by molar-refractivity contribution is -0.127. The van der Waals surface area contributed by atoms with Gasteiger partial charge in [-0.2, -0.15) is 0 Å². The summed E-state index contributed by atoms with van der Waals surface area (Å²) in [6, 6.07) is 7.32. The van der Waals surface area contributed by atoms with E-state index in [2.05, 4.69) is 5.32 Å². The molecule has 1 heterocycles. The molecule has 4 rings (SSSR count). The number of nitrogens with one attached hydrogen (secondary N) is 1. The fourth-order valence-corrected chi connectivity index (χ4v) is 6.96. The van der Waals surface area contributed by atoms with Crippen LogP contribution in [0.1, 0.15) is 44.1 Å². The van der Waals surface area contributed by atoms with Crippen LogP contribution < -0.4 is 5.32 Å². The Morgan fingerprint density at radius 2 is 2.00 bits per heavy atom. The van der Waals surface area contributed by atoms with Crippen molar-refractivity contribution in [1.29, 1.82) is 0 Å². The number of benzene rings is 1. The van der Waals surface area contributed by atoms with E-state index in [1.54, 1.807) is 24.3 Å². The third-order valence-electron chi connectivity index (χ3n) is 6.51. The summed E-state index contributed by atoms with van der Waals surface area (Å²) >= 11 is 6.13. The average molecular weight is 411 g/mol. The number of carbonyl (C=O) groups is 1. The quantitative estimate of drug-likeness (QED) is 0.810. The van der Waals surface area contributed by atoms with E-state index in [4.69, 9.17) is 11.6 Å². The highest BCUT2D eigenvalue weighted by Gasteiger charge is 2.41. The van der Waals surface area contributed by atoms with Gasteiger partial charge < -0.3 is 5.32 Å². The van der Waals surface area contributed by atoms with E-state index >= 15 is 0 Å². The lowest BCUT2D eigenvalue weighted by Crippen LogP contribution is -2.48. The number of nitrogens with zero attached hydrogens (tertiary/aromatic N) is 1. The van der Waals surface area contributed by atoms with Crippen LogP contribution in [0.5, 0.6) is 0 Å². The number of halogens is 1. The maximum Gasteiger partial charge on any atom is 0.224 e. The molecule has 2 bridgehead atoms. The lowest BCUT2D eigenvalue weighted by Gasteiger charge is -2.33. The second kappa shape index (κ2) is 7.72. The predicted molar refractivity (Wildman–Crippen MR) is 106 cm³/mol. The molecule has 148 valence electrons. The largest absolute Gasteiger partial charge is 0.353 e. The standard InChI is InChI=1S/C20H27ClN2O3S/c21-18-6-2-1-4-17(18)13-27(25,26)23-9-3-5-16(12-23)20(24)22-19-11-14-7-8-15(19)10-14/h1-2,4,6,14-16,19H,3,5,7-13H2,(H,22,24)/t14-,15-,16-,19-/m0/s1. The minimum atomic E-state index is -3.49. The van der Waals surface area contributed by atoms with Crippen molar-refractivity contribution in [3.05, 3.63) is 34.9 Å². The zero-order valence-electron chi connectivity index (χ0n) is 15.4. The van der Waals surface area contributed by atoms with Crippen molar-refractivity contribution in [1.82, 2.24) is 9.62 Å². The monoisotopic (exact) mass is 410 g/mol. The van der Waals surface area contributed by atoms with Crippen molar-refractivity contribution < 1.29 is 13.2 Å². The van der Waals surface area contributed by atoms with Gasteiger partial charge in [-0.05, 0) is 55.6 Å². The van der Waals surface area contributed by atoms with E-state index in [1.165, 1.54) is 23.6 Å². The Hall–Kier alpha value is -1.11. The Morgan fingerprint density at radius 1 is 1.19 bits per heavy atom. The van der Waals surface area contributed by atoms with Crippen LogP contribution in [0.25, 0.3) is 0 Å². The van der Waals surface area contributed by atoms with Crippen molar-refractivity contribution in [3.63, 3.8) is 0 Å². The molecule has 1 aromatic carbocycles. The van der Waals surface area contributed by atoms with Crippen LogP contribution in [-0.2, 0) is 20.6 Å². The van der Waals surface area contributed by atoms with Gasteiger partial charge in [0.1, 0.15) is 0 Å². The van der Waals surface area contributed by atoms with Gasteiger partial charge >= 0.3 is 0 Å². The van der Waals surface area contributed by atoms with E-state index in [0.29, 0.717) is 29.1 Å². The molecule has 3 fully saturated rings. The highest BCUT2D eigenvalue weighted by molar-refractivity contribution is 7.88. The van der Waals surface area contributed by atoms with Gasteiger partial charge in [-0.3, -0.25) is 4.79 Å². The van der Waals surface area contributed by atoms with Crippen LogP contribution in [0, 0.1) is 17.8 Å². The molecule has 2 saturated carbocycles. The maximum absolute atomic E-state index is 12.9. The second-order valence-electron chi connectivity index (χ2n) is 8.33. The van der Waals surface area contributed by atoms with Crippen LogP contribution >= 0.6 is 11.6 Å². The maximum atomic E-state index is 12.9. The van der Waals surface area contributed by atoms with Crippen LogP contribution in [0.4, 0.5) is 0 Å². The molecular formula is C20H27ClN2O3S. The van der Waals surface area contributed by atoms with E-state index in [9.17, 15) is 13.2 Å². The summed E-state index contributed by atoms with van der Waals surface area (Å²) in [5.41, 5.74) is 0.604. The first-order valence-electron chi connectivity index (χ1n) is 9.94. The molecule has 3 aliphatic rings. The molecular weight excluding hydrogens is 384 g/mol. The molecule has 1 saturated heterocycles. The number of rotatable bonds is 5. The van der Waals surface area contributed by atoms with Gasteiger partial charge in [-0.25, -0.2) is 12.7 Å². The summed E-state index contributed by atoms with van der Waals surface area (Å²) in [4.78, 5) is 12.8. The molecule has 1 amide bonds. The molecule has 2 aliphatic carbocycles. The molecule has 4 atom stereocenters. The third kappa shape index (κ3) is 4.17. The molecule has 1 N–H and O–H groups in total. The lowest BCUT2D eigenvalue weighted by atomic mass is 9.93. The number of hydrogen-bond acceptors (Lipinski definition) is 3. The van der Waals surface area contributed by atoms with Gasteiger partial charge in [0.15, 0.2) is 0 Å². The summed E-state index contributed by atoms with van der Waals surface area (Å²) < 4.78 is 27.2. The molecule has 1 aliphatic heterocycles. The van der Waals surface area contributed by atoms with Crippen molar-refractivity contribution in [3.8, 4) is 0 Å². The second-order valence-corrected chi connectivity index (χ2v) is 10.7. The summed E-state index contributed by atoms with van der Waals surface area (Å²) in [6.45, 7) is 0.754. The van der Waals surface area contributed by atoms with Gasteiger partial charge in [-0.15, -0.1) is 0 Å². The molecule has 7 heteroatoms. The topological polar surface area (TPSA) is 66.5 Å². The van der Waals surface area contributed by atoms with Gasteiger partial charge in [0.2, 0.25) is 15.9 Å². The summed E-state index contributed by atoms with van der Waals surface area (Å²) in [5.74, 6) is 1.07. The molecule has 0 spiro atoms. The Labute approximate surface area is 166 Å². The van der Waals surface area contributed by atoms with E-state index < -0.39 is 10.0 Å². The minimum Gasteiger partial charge on any atom is -0.353 e. The zero-order valence-corrected chi connectivity index (χ0v) is 17.0. The SMILES string of the molecule is O=C(N[C@H]1C[C@H]2CC[C@H]1C2)[C@H]1CCCN(S(=O)(=O)Cc2ccccc2Cl)C1. The first kappa shape index (κ1) is 19.2. The van der Waals surface area contributed by atoms with Crippen LogP contribution in [-0.4, -0.2) is 37.8 Å². The van der Waals surface area contributed by atoms with Crippen LogP contribution in [0.15, 0.2) is 24.3 Å². The molecule has 5 nitrogen and oxygen atoms in total. The number of carbonyl (C=O) groups excluding carboxylic acids is 1. The van der Waals surface area contributed by atoms with E-state index in [1.807, 2.05) is 0 Å². The van der Waals surface area contributed by atoms with Crippen molar-refractivity contribution in [2.75, 3.05) is 13.1 Å². The van der Waals surface area contributed by atoms with Crippen LogP contribution in [0.2, 0.25) is 5.02 Å². The fraction of sp³-hybridized carbons (Fsp3) is 0.650. The third-order valence-corrected chi connectivity index (χ3v) is 8.67.